The number of hydrogen-bond donors (Lipinski definition) is 1. The Labute approximate surface area is 96.2 Å². The van der Waals surface area contributed by atoms with Crippen LogP contribution in [0, 0.1) is 0 Å². The molecule has 0 fully saturated rings. The number of nitrogens with two attached hydrogens (primary N) is 1. The Morgan fingerprint density at radius 3 is 3.00 bits per heavy atom. The van der Waals surface area contributed by atoms with Crippen LogP contribution in [-0.4, -0.2) is 17.5 Å². The van der Waals surface area contributed by atoms with Crippen molar-refractivity contribution in [3.05, 3.63) is 20.8 Å². The van der Waals surface area contributed by atoms with Gasteiger partial charge in [0.2, 0.25) is 0 Å². The summed E-state index contributed by atoms with van der Waals surface area (Å²) >= 11 is 7.12. The van der Waals surface area contributed by atoms with Crippen molar-refractivity contribution in [2.45, 2.75) is 19.4 Å². The molecular weight excluding hydrogens is 266 g/mol. The van der Waals surface area contributed by atoms with Crippen LogP contribution in [0.15, 0.2) is 15.9 Å². The molecule has 1 rings (SSSR count). The molecule has 0 aliphatic carbocycles. The molecule has 0 aromatic carbocycles. The molecule has 2 N–H and O–H groups in total. The number of thioether (sulfide) groups is 1. The summed E-state index contributed by atoms with van der Waals surface area (Å²) < 4.78 is 1.17. The Morgan fingerprint density at radius 2 is 2.46 bits per heavy atom. The summed E-state index contributed by atoms with van der Waals surface area (Å²) in [4.78, 5) is 1.37. The van der Waals surface area contributed by atoms with Gasteiger partial charge in [0.1, 0.15) is 0 Å². The Balaban J connectivity index is 2.31. The summed E-state index contributed by atoms with van der Waals surface area (Å²) in [5, 5.41) is 2.11. The smallest absolute Gasteiger partial charge is 0.0285 e. The lowest BCUT2D eigenvalue weighted by Gasteiger charge is -2.08. The molecule has 0 radical (unpaired) electrons. The Hall–Kier alpha value is 0.490. The van der Waals surface area contributed by atoms with E-state index in [1.54, 1.807) is 11.3 Å². The van der Waals surface area contributed by atoms with Gasteiger partial charge in [-0.2, -0.15) is 11.8 Å². The first-order chi connectivity index (χ1) is 6.22. The lowest BCUT2D eigenvalue weighted by molar-refractivity contribution is 0.757. The van der Waals surface area contributed by atoms with Crippen LogP contribution < -0.4 is 5.73 Å². The monoisotopic (exact) mass is 279 g/mol. The molecule has 0 aliphatic rings. The van der Waals surface area contributed by atoms with Crippen molar-refractivity contribution in [3.8, 4) is 0 Å². The summed E-state index contributed by atoms with van der Waals surface area (Å²) in [6, 6.07) is 2.46. The molecule has 1 aromatic rings. The maximum atomic E-state index is 5.97. The van der Waals surface area contributed by atoms with Gasteiger partial charge in [0.05, 0.1) is 0 Å². The van der Waals surface area contributed by atoms with Gasteiger partial charge in [-0.1, -0.05) is 6.92 Å². The largest absolute Gasteiger partial charge is 0.327 e. The lowest BCUT2D eigenvalue weighted by Crippen LogP contribution is -2.25. The van der Waals surface area contributed by atoms with Crippen molar-refractivity contribution >= 4 is 39.0 Å². The van der Waals surface area contributed by atoms with Gasteiger partial charge in [-0.25, -0.2) is 0 Å². The number of thiophene rings is 1. The number of halogens is 1. The predicted octanol–water partition coefficient (Wildman–Crippen LogP) is 3.13. The maximum absolute atomic E-state index is 5.97. The van der Waals surface area contributed by atoms with Crippen molar-refractivity contribution in [1.29, 1.82) is 0 Å². The molecule has 0 spiro atoms. The van der Waals surface area contributed by atoms with Gasteiger partial charge in [0.15, 0.2) is 0 Å². The number of rotatable bonds is 5. The van der Waals surface area contributed by atoms with E-state index in [9.17, 15) is 0 Å². The Morgan fingerprint density at radius 1 is 1.69 bits per heavy atom. The van der Waals surface area contributed by atoms with Gasteiger partial charge >= 0.3 is 0 Å². The number of hydrogen-bond acceptors (Lipinski definition) is 3. The zero-order valence-electron chi connectivity index (χ0n) is 7.63. The molecular formula is C9H14BrNS2. The fourth-order valence-electron chi connectivity index (χ4n) is 1.05. The van der Waals surface area contributed by atoms with E-state index < -0.39 is 0 Å². The molecule has 0 amide bonds. The molecule has 1 nitrogen and oxygen atoms in total. The Bertz CT molecular complexity index is 250. The minimum atomic E-state index is 0.301. The molecule has 0 saturated carbocycles. The molecule has 1 heterocycles. The van der Waals surface area contributed by atoms with Gasteiger partial charge in [-0.05, 0) is 34.2 Å². The van der Waals surface area contributed by atoms with E-state index in [0.717, 1.165) is 17.9 Å². The molecule has 74 valence electrons. The zero-order chi connectivity index (χ0) is 9.68. The second kappa shape index (κ2) is 6.06. The van der Waals surface area contributed by atoms with Crippen LogP contribution in [0.3, 0.4) is 0 Å². The lowest BCUT2D eigenvalue weighted by atomic mass is 10.2. The highest BCUT2D eigenvalue weighted by Gasteiger charge is 2.05. The van der Waals surface area contributed by atoms with Crippen LogP contribution in [0.5, 0.6) is 0 Å². The first-order valence-electron chi connectivity index (χ1n) is 4.28. The van der Waals surface area contributed by atoms with Crippen LogP contribution in [-0.2, 0) is 6.42 Å². The predicted molar refractivity (Wildman–Crippen MR) is 66.7 cm³/mol. The van der Waals surface area contributed by atoms with Crippen LogP contribution in [0.25, 0.3) is 0 Å². The highest BCUT2D eigenvalue weighted by Crippen LogP contribution is 2.21. The summed E-state index contributed by atoms with van der Waals surface area (Å²) in [5.41, 5.74) is 5.97. The van der Waals surface area contributed by atoms with Crippen molar-refractivity contribution in [3.63, 3.8) is 0 Å². The van der Waals surface area contributed by atoms with Gasteiger partial charge in [0.25, 0.3) is 0 Å². The third-order valence-electron chi connectivity index (χ3n) is 1.62. The van der Waals surface area contributed by atoms with E-state index in [0.29, 0.717) is 6.04 Å². The van der Waals surface area contributed by atoms with E-state index in [2.05, 4.69) is 34.3 Å². The quantitative estimate of drug-likeness (QED) is 0.896. The average molecular weight is 280 g/mol. The van der Waals surface area contributed by atoms with Crippen molar-refractivity contribution < 1.29 is 0 Å². The third kappa shape index (κ3) is 4.49. The normalized spacial score (nSPS) is 13.2. The van der Waals surface area contributed by atoms with Crippen LogP contribution in [0.2, 0.25) is 0 Å². The van der Waals surface area contributed by atoms with Crippen molar-refractivity contribution in [2.75, 3.05) is 11.5 Å². The molecule has 13 heavy (non-hydrogen) atoms. The van der Waals surface area contributed by atoms with Gasteiger partial charge in [-0.3, -0.25) is 0 Å². The second-order valence-electron chi connectivity index (χ2n) is 2.85. The highest BCUT2D eigenvalue weighted by molar-refractivity contribution is 9.10. The van der Waals surface area contributed by atoms with Crippen molar-refractivity contribution in [2.24, 2.45) is 5.73 Å². The van der Waals surface area contributed by atoms with E-state index in [-0.39, 0.29) is 0 Å². The standard InChI is InChI=1S/C9H14BrNS2/c1-2-12-6-8(11)4-9-3-7(10)5-13-9/h3,5,8H,2,4,6,11H2,1H3. The fourth-order valence-corrected chi connectivity index (χ4v) is 3.25. The molecule has 1 aromatic heterocycles. The van der Waals surface area contributed by atoms with E-state index in [4.69, 9.17) is 5.73 Å². The maximum Gasteiger partial charge on any atom is 0.0285 e. The molecule has 1 unspecified atom stereocenters. The molecule has 0 bridgehead atoms. The Kier molecular flexibility index (Phi) is 5.39. The second-order valence-corrected chi connectivity index (χ2v) is 6.09. The van der Waals surface area contributed by atoms with Crippen LogP contribution in [0.1, 0.15) is 11.8 Å². The zero-order valence-corrected chi connectivity index (χ0v) is 10.8. The van der Waals surface area contributed by atoms with Crippen LogP contribution >= 0.6 is 39.0 Å². The minimum Gasteiger partial charge on any atom is -0.327 e. The van der Waals surface area contributed by atoms with Gasteiger partial charge in [0, 0.05) is 26.5 Å². The van der Waals surface area contributed by atoms with E-state index in [1.165, 1.54) is 9.35 Å². The first-order valence-corrected chi connectivity index (χ1v) is 7.11. The van der Waals surface area contributed by atoms with E-state index in [1.807, 2.05) is 11.8 Å². The molecule has 0 saturated heterocycles. The first kappa shape index (κ1) is 11.6. The summed E-state index contributed by atoms with van der Waals surface area (Å²) in [6.07, 6.45) is 1.00. The fraction of sp³-hybridized carbons (Fsp3) is 0.556. The molecule has 4 heteroatoms. The van der Waals surface area contributed by atoms with Crippen molar-refractivity contribution in [1.82, 2.24) is 0 Å². The SMILES string of the molecule is CCSCC(N)Cc1cc(Br)cs1. The van der Waals surface area contributed by atoms with Gasteiger partial charge < -0.3 is 5.73 Å². The topological polar surface area (TPSA) is 26.0 Å². The minimum absolute atomic E-state index is 0.301. The third-order valence-corrected chi connectivity index (χ3v) is 4.41. The summed E-state index contributed by atoms with van der Waals surface area (Å²) in [5.74, 6) is 2.22. The van der Waals surface area contributed by atoms with Crippen LogP contribution in [0.4, 0.5) is 0 Å². The summed E-state index contributed by atoms with van der Waals surface area (Å²) in [6.45, 7) is 2.17. The summed E-state index contributed by atoms with van der Waals surface area (Å²) in [7, 11) is 0. The highest BCUT2D eigenvalue weighted by atomic mass is 79.9. The van der Waals surface area contributed by atoms with E-state index >= 15 is 0 Å². The average Bonchev–Trinajstić information content (AvgIpc) is 2.48. The molecule has 1 atom stereocenters. The van der Waals surface area contributed by atoms with Gasteiger partial charge in [-0.15, -0.1) is 11.3 Å². The molecule has 0 aliphatic heterocycles.